The molecule has 0 bridgehead atoms. The molecule has 0 saturated carbocycles. The number of nitrogens with zero attached hydrogens (tertiary/aromatic N) is 2. The normalized spacial score (nSPS) is 11.8. The van der Waals surface area contributed by atoms with E-state index in [9.17, 15) is 14.6 Å². The molecule has 0 aliphatic heterocycles. The molecule has 0 amide bonds. The molecule has 0 radical (unpaired) electrons. The third kappa shape index (κ3) is 2.79. The van der Waals surface area contributed by atoms with Crippen molar-refractivity contribution in [1.29, 1.82) is 0 Å². The van der Waals surface area contributed by atoms with Gasteiger partial charge in [-0.15, -0.1) is 0 Å². The van der Waals surface area contributed by atoms with Gasteiger partial charge in [0, 0.05) is 18.0 Å². The van der Waals surface area contributed by atoms with Gasteiger partial charge >= 0.3 is 0 Å². The van der Waals surface area contributed by atoms with E-state index in [-0.39, 0.29) is 27.9 Å². The number of hydrogen-bond acceptors (Lipinski definition) is 4. The number of aliphatic imine (C=N–C) groups is 2. The van der Waals surface area contributed by atoms with Crippen molar-refractivity contribution in [1.82, 2.24) is 0 Å². The topological polar surface area (TPSA) is 65.2 Å². The van der Waals surface area contributed by atoms with Gasteiger partial charge in [-0.25, -0.2) is 4.39 Å². The minimum atomic E-state index is -0.786. The fourth-order valence-electron chi connectivity index (χ4n) is 1.37. The number of aromatic hydroxyl groups is 2. The maximum absolute atomic E-state index is 12.0. The Morgan fingerprint density at radius 3 is 2.33 bits per heavy atom. The Morgan fingerprint density at radius 2 is 1.78 bits per heavy atom. The highest BCUT2D eigenvalue weighted by atomic mass is 35.5. The molecule has 0 heterocycles. The van der Waals surface area contributed by atoms with Crippen LogP contribution in [0.4, 0.5) is 15.8 Å². The van der Waals surface area contributed by atoms with Crippen molar-refractivity contribution in [3.05, 3.63) is 10.6 Å². The number of halogens is 2. The van der Waals surface area contributed by atoms with Crippen LogP contribution in [0.15, 0.2) is 9.98 Å². The van der Waals surface area contributed by atoms with Gasteiger partial charge in [0.2, 0.25) is 0 Å². The minimum Gasteiger partial charge on any atom is -0.505 e. The molecule has 0 atom stereocenters. The van der Waals surface area contributed by atoms with E-state index < -0.39 is 6.67 Å². The van der Waals surface area contributed by atoms with Crippen molar-refractivity contribution < 1.29 is 14.6 Å². The van der Waals surface area contributed by atoms with Crippen LogP contribution in [0.1, 0.15) is 18.9 Å². The lowest BCUT2D eigenvalue weighted by atomic mass is 10.1. The second kappa shape index (κ2) is 6.35. The Bertz CT molecular complexity index is 427. The van der Waals surface area contributed by atoms with E-state index in [4.69, 9.17) is 11.6 Å². The molecule has 0 unspecified atom stereocenters. The van der Waals surface area contributed by atoms with Crippen molar-refractivity contribution in [2.24, 2.45) is 9.98 Å². The SMILES string of the molecule is CCC=Nc1c(C)c(O)c(N=CCF)c(Cl)c1O. The molecule has 0 spiro atoms. The van der Waals surface area contributed by atoms with Crippen LogP contribution >= 0.6 is 11.6 Å². The van der Waals surface area contributed by atoms with Crippen LogP contribution in [-0.2, 0) is 0 Å². The lowest BCUT2D eigenvalue weighted by molar-refractivity contribution is 0.460. The van der Waals surface area contributed by atoms with E-state index in [1.54, 1.807) is 13.1 Å². The quantitative estimate of drug-likeness (QED) is 0.646. The average molecular weight is 273 g/mol. The molecule has 4 nitrogen and oxygen atoms in total. The number of alkyl halides is 1. The summed E-state index contributed by atoms with van der Waals surface area (Å²) in [5.41, 5.74) is 0.478. The molecule has 18 heavy (non-hydrogen) atoms. The van der Waals surface area contributed by atoms with Gasteiger partial charge in [-0.3, -0.25) is 9.98 Å². The molecule has 0 aliphatic rings. The van der Waals surface area contributed by atoms with Crippen LogP contribution < -0.4 is 0 Å². The van der Waals surface area contributed by atoms with Gasteiger partial charge in [0.15, 0.2) is 5.75 Å². The Balaban J connectivity index is 3.45. The Kier molecular flexibility index (Phi) is 5.09. The maximum atomic E-state index is 12.0. The van der Waals surface area contributed by atoms with Gasteiger partial charge in [-0.05, 0) is 13.3 Å². The first-order valence-electron chi connectivity index (χ1n) is 5.39. The second-order valence-electron chi connectivity index (χ2n) is 3.52. The number of phenolic OH excluding ortho intramolecular Hbond substituents is 2. The zero-order valence-corrected chi connectivity index (χ0v) is 10.9. The molecule has 1 aromatic carbocycles. The number of hydrogen-bond donors (Lipinski definition) is 2. The van der Waals surface area contributed by atoms with Crippen LogP contribution in [0.3, 0.4) is 0 Å². The van der Waals surface area contributed by atoms with E-state index in [0.29, 0.717) is 12.0 Å². The summed E-state index contributed by atoms with van der Waals surface area (Å²) in [7, 11) is 0. The first-order chi connectivity index (χ1) is 8.54. The fraction of sp³-hybridized carbons (Fsp3) is 0.333. The van der Waals surface area contributed by atoms with E-state index in [1.807, 2.05) is 6.92 Å². The zero-order chi connectivity index (χ0) is 13.7. The van der Waals surface area contributed by atoms with Crippen LogP contribution in [0.2, 0.25) is 5.02 Å². The summed E-state index contributed by atoms with van der Waals surface area (Å²) in [6.07, 6.45) is 3.22. The van der Waals surface area contributed by atoms with Crippen molar-refractivity contribution >= 4 is 35.4 Å². The molecule has 1 aromatic rings. The first kappa shape index (κ1) is 14.4. The number of phenols is 2. The van der Waals surface area contributed by atoms with Crippen LogP contribution in [0.25, 0.3) is 0 Å². The smallest absolute Gasteiger partial charge is 0.162 e. The van der Waals surface area contributed by atoms with Gasteiger partial charge in [-0.2, -0.15) is 0 Å². The first-order valence-corrected chi connectivity index (χ1v) is 5.77. The number of rotatable bonds is 4. The minimum absolute atomic E-state index is 0.0558. The van der Waals surface area contributed by atoms with Crippen LogP contribution in [0, 0.1) is 6.92 Å². The summed E-state index contributed by atoms with van der Waals surface area (Å²) in [5, 5.41) is 19.6. The summed E-state index contributed by atoms with van der Waals surface area (Å²) >= 11 is 5.87. The van der Waals surface area contributed by atoms with Crippen LogP contribution in [0.5, 0.6) is 11.5 Å². The predicted octanol–water partition coefficient (Wildman–Crippen LogP) is 3.84. The highest BCUT2D eigenvalue weighted by Crippen LogP contribution is 2.49. The van der Waals surface area contributed by atoms with Crippen molar-refractivity contribution in [2.45, 2.75) is 20.3 Å². The molecule has 6 heteroatoms. The third-order valence-electron chi connectivity index (χ3n) is 2.27. The summed E-state index contributed by atoms with van der Waals surface area (Å²) in [6.45, 7) is 2.67. The van der Waals surface area contributed by atoms with Crippen molar-refractivity contribution in [3.63, 3.8) is 0 Å². The third-order valence-corrected chi connectivity index (χ3v) is 2.63. The molecule has 98 valence electrons. The Labute approximate surface area is 109 Å². The van der Waals surface area contributed by atoms with Gasteiger partial charge in [-0.1, -0.05) is 18.5 Å². The monoisotopic (exact) mass is 272 g/mol. The van der Waals surface area contributed by atoms with E-state index in [1.165, 1.54) is 0 Å². The molecule has 0 saturated heterocycles. The highest BCUT2D eigenvalue weighted by Gasteiger charge is 2.19. The summed E-state index contributed by atoms with van der Waals surface area (Å²) in [4.78, 5) is 7.69. The van der Waals surface area contributed by atoms with E-state index in [2.05, 4.69) is 9.98 Å². The van der Waals surface area contributed by atoms with Crippen molar-refractivity contribution in [3.8, 4) is 11.5 Å². The molecule has 1 rings (SSSR count). The molecular weight excluding hydrogens is 259 g/mol. The number of benzene rings is 1. The zero-order valence-electron chi connectivity index (χ0n) is 10.1. The lowest BCUT2D eigenvalue weighted by Crippen LogP contribution is -1.84. The van der Waals surface area contributed by atoms with Gasteiger partial charge in [0.25, 0.3) is 0 Å². The molecule has 0 aromatic heterocycles. The molecule has 2 N–H and O–H groups in total. The highest BCUT2D eigenvalue weighted by molar-refractivity contribution is 6.35. The molecule has 0 fully saturated rings. The van der Waals surface area contributed by atoms with E-state index in [0.717, 1.165) is 6.21 Å². The second-order valence-corrected chi connectivity index (χ2v) is 3.90. The van der Waals surface area contributed by atoms with Gasteiger partial charge in [0.1, 0.15) is 28.8 Å². The lowest BCUT2D eigenvalue weighted by Gasteiger charge is -2.11. The maximum Gasteiger partial charge on any atom is 0.162 e. The fourth-order valence-corrected chi connectivity index (χ4v) is 1.60. The van der Waals surface area contributed by atoms with Gasteiger partial charge < -0.3 is 10.2 Å². The Hall–Kier alpha value is -1.62. The van der Waals surface area contributed by atoms with Gasteiger partial charge in [0.05, 0.1) is 0 Å². The summed E-state index contributed by atoms with van der Waals surface area (Å²) in [5.74, 6) is -0.492. The summed E-state index contributed by atoms with van der Waals surface area (Å²) in [6, 6.07) is 0. The van der Waals surface area contributed by atoms with Crippen LogP contribution in [-0.4, -0.2) is 29.3 Å². The average Bonchev–Trinajstić information content (AvgIpc) is 2.37. The summed E-state index contributed by atoms with van der Waals surface area (Å²) < 4.78 is 12.0. The largest absolute Gasteiger partial charge is 0.505 e. The Morgan fingerprint density at radius 1 is 1.17 bits per heavy atom. The molecular formula is C12H14ClFN2O2. The van der Waals surface area contributed by atoms with E-state index >= 15 is 0 Å². The standard InChI is InChI=1S/C12H14ClFN2O2/c1-3-5-15-9-7(2)11(17)10(16-6-4-14)8(13)12(9)18/h5-6,17-18H,3-4H2,1-2H3. The predicted molar refractivity (Wildman–Crippen MR) is 72.1 cm³/mol. The van der Waals surface area contributed by atoms with Crippen molar-refractivity contribution in [2.75, 3.05) is 6.67 Å². The molecule has 0 aliphatic carbocycles.